The molecule has 0 amide bonds. The number of nitrogens with zero attached hydrogens (tertiary/aromatic N) is 2. The number of hydrogen-bond donors (Lipinski definition) is 0. The molecule has 2 nitrogen and oxygen atoms in total. The van der Waals surface area contributed by atoms with Crippen LogP contribution in [-0.2, 0) is 13.5 Å². The first-order chi connectivity index (χ1) is 15.3. The van der Waals surface area contributed by atoms with E-state index in [0.29, 0.717) is 11.8 Å². The zero-order valence-electron chi connectivity index (χ0n) is 20.0. The van der Waals surface area contributed by atoms with Gasteiger partial charge in [-0.3, -0.25) is 0 Å². The van der Waals surface area contributed by atoms with Gasteiger partial charge < -0.3 is 4.40 Å². The summed E-state index contributed by atoms with van der Waals surface area (Å²) in [5, 5.41) is 6.80. The number of hydrogen-bond acceptors (Lipinski definition) is 0. The lowest BCUT2D eigenvalue weighted by molar-refractivity contribution is -0.643. The maximum absolute atomic E-state index is 2.57. The van der Waals surface area contributed by atoms with Crippen molar-refractivity contribution in [3.05, 3.63) is 71.4 Å². The minimum absolute atomic E-state index is 0.507. The molecule has 0 fully saturated rings. The Hall–Kier alpha value is -3.13. The molecule has 0 unspecified atom stereocenters. The Bertz CT molecular complexity index is 1660. The summed E-state index contributed by atoms with van der Waals surface area (Å²) in [4.78, 5) is 0. The summed E-state index contributed by atoms with van der Waals surface area (Å²) in [6.07, 6.45) is 3.33. The first-order valence-electron chi connectivity index (χ1n) is 11.9. The van der Waals surface area contributed by atoms with Crippen LogP contribution in [0.4, 0.5) is 0 Å². The van der Waals surface area contributed by atoms with Crippen molar-refractivity contribution in [2.45, 2.75) is 47.0 Å². The Morgan fingerprint density at radius 2 is 1.62 bits per heavy atom. The van der Waals surface area contributed by atoms with Crippen molar-refractivity contribution >= 4 is 49.0 Å². The zero-order chi connectivity index (χ0) is 22.3. The van der Waals surface area contributed by atoms with Gasteiger partial charge in [-0.05, 0) is 59.4 Å². The molecule has 2 heteroatoms. The summed E-state index contributed by atoms with van der Waals surface area (Å²) in [6, 6.07) is 18.9. The van der Waals surface area contributed by atoms with Crippen molar-refractivity contribution < 1.29 is 4.57 Å². The molecule has 3 heterocycles. The van der Waals surface area contributed by atoms with E-state index in [-0.39, 0.29) is 0 Å². The lowest BCUT2D eigenvalue weighted by Gasteiger charge is -2.15. The van der Waals surface area contributed by atoms with Crippen LogP contribution in [-0.4, -0.2) is 4.40 Å². The van der Waals surface area contributed by atoms with E-state index >= 15 is 0 Å². The zero-order valence-corrected chi connectivity index (χ0v) is 20.0. The van der Waals surface area contributed by atoms with Gasteiger partial charge in [0.05, 0.1) is 27.3 Å². The van der Waals surface area contributed by atoms with Crippen LogP contribution >= 0.6 is 0 Å². The maximum Gasteiger partial charge on any atom is 0.224 e. The van der Waals surface area contributed by atoms with E-state index in [0.717, 1.165) is 6.42 Å². The molecule has 32 heavy (non-hydrogen) atoms. The summed E-state index contributed by atoms with van der Waals surface area (Å²) < 4.78 is 4.88. The highest BCUT2D eigenvalue weighted by atomic mass is 15.0. The first-order valence-corrected chi connectivity index (χ1v) is 11.9. The Morgan fingerprint density at radius 3 is 2.38 bits per heavy atom. The Kier molecular flexibility index (Phi) is 4.08. The van der Waals surface area contributed by atoms with Gasteiger partial charge >= 0.3 is 0 Å². The van der Waals surface area contributed by atoms with Gasteiger partial charge in [0.25, 0.3) is 0 Å². The molecule has 0 aliphatic rings. The van der Waals surface area contributed by atoms with E-state index in [2.05, 4.69) is 105 Å². The third-order valence-corrected chi connectivity index (χ3v) is 7.23. The Balaban J connectivity index is 1.97. The SMILES string of the molecule is Cc1ccc2c3ccc(C(C)C)cc3n3c4cc(CC(C)C)cc5cc[n+](C)c(c1c23)c54. The van der Waals surface area contributed by atoms with Crippen LogP contribution in [0.25, 0.3) is 49.0 Å². The van der Waals surface area contributed by atoms with Gasteiger partial charge in [0.1, 0.15) is 7.05 Å². The molecule has 0 atom stereocenters. The highest BCUT2D eigenvalue weighted by Crippen LogP contribution is 2.41. The molecule has 3 aromatic heterocycles. The van der Waals surface area contributed by atoms with E-state index in [1.54, 1.807) is 0 Å². The molecule has 6 aromatic rings. The number of fused-ring (bicyclic) bond motifs is 5. The van der Waals surface area contributed by atoms with Gasteiger partial charge in [-0.2, -0.15) is 0 Å². The minimum atomic E-state index is 0.507. The van der Waals surface area contributed by atoms with Crippen molar-refractivity contribution in [2.75, 3.05) is 0 Å². The Labute approximate surface area is 189 Å². The van der Waals surface area contributed by atoms with Crippen molar-refractivity contribution in [3.63, 3.8) is 0 Å². The molecule has 0 aliphatic heterocycles. The van der Waals surface area contributed by atoms with E-state index in [1.165, 1.54) is 65.7 Å². The van der Waals surface area contributed by atoms with Crippen molar-refractivity contribution in [1.29, 1.82) is 0 Å². The maximum atomic E-state index is 2.57. The van der Waals surface area contributed by atoms with Gasteiger partial charge in [0, 0.05) is 16.8 Å². The van der Waals surface area contributed by atoms with E-state index < -0.39 is 0 Å². The lowest BCUT2D eigenvalue weighted by Crippen LogP contribution is -2.29. The number of aryl methyl sites for hydroxylation is 2. The molecule has 0 bridgehead atoms. The van der Waals surface area contributed by atoms with Crippen LogP contribution in [0.1, 0.15) is 50.3 Å². The van der Waals surface area contributed by atoms with Crippen LogP contribution in [0.5, 0.6) is 0 Å². The predicted octanol–water partition coefficient (Wildman–Crippen LogP) is 7.44. The Morgan fingerprint density at radius 1 is 0.844 bits per heavy atom. The first kappa shape index (κ1) is 19.5. The van der Waals surface area contributed by atoms with Crippen LogP contribution in [0.15, 0.2) is 54.7 Å². The summed E-state index contributed by atoms with van der Waals surface area (Å²) in [6.45, 7) is 11.4. The average molecular weight is 420 g/mol. The third kappa shape index (κ3) is 2.56. The van der Waals surface area contributed by atoms with Crippen molar-refractivity contribution in [2.24, 2.45) is 13.0 Å². The van der Waals surface area contributed by atoms with E-state index in [9.17, 15) is 0 Å². The molecule has 0 N–H and O–H groups in total. The molecular formula is C30H31N2+. The summed E-state index contributed by atoms with van der Waals surface area (Å²) in [5.74, 6) is 1.14. The van der Waals surface area contributed by atoms with Gasteiger partial charge in [0.15, 0.2) is 6.20 Å². The fourth-order valence-corrected chi connectivity index (χ4v) is 5.74. The second-order valence-electron chi connectivity index (χ2n) is 10.4. The number of pyridine rings is 2. The van der Waals surface area contributed by atoms with Crippen molar-refractivity contribution in [1.82, 2.24) is 4.40 Å². The second-order valence-corrected chi connectivity index (χ2v) is 10.4. The largest absolute Gasteiger partial charge is 0.307 e. The second kappa shape index (κ2) is 6.68. The standard InChI is InChI=1S/C30H31N2/c1-17(2)13-20-14-22-11-12-31(6)30-27-19(5)7-9-24-23-10-8-21(18(3)4)16-25(23)32(29(24)27)26(15-20)28(22)30/h7-12,14-18H,13H2,1-6H3/q+1. The number of benzene rings is 3. The molecule has 3 aromatic carbocycles. The van der Waals surface area contributed by atoms with E-state index in [1.807, 2.05) is 0 Å². The fourth-order valence-electron chi connectivity index (χ4n) is 5.74. The highest BCUT2D eigenvalue weighted by Gasteiger charge is 2.24. The minimum Gasteiger partial charge on any atom is -0.307 e. The van der Waals surface area contributed by atoms with Crippen LogP contribution in [0, 0.1) is 12.8 Å². The molecule has 0 saturated heterocycles. The van der Waals surface area contributed by atoms with Gasteiger partial charge in [0.2, 0.25) is 5.52 Å². The van der Waals surface area contributed by atoms with E-state index in [4.69, 9.17) is 0 Å². The van der Waals surface area contributed by atoms with Crippen LogP contribution in [0.2, 0.25) is 0 Å². The van der Waals surface area contributed by atoms with Gasteiger partial charge in [-0.15, -0.1) is 0 Å². The highest BCUT2D eigenvalue weighted by molar-refractivity contribution is 6.25. The monoisotopic (exact) mass is 419 g/mol. The third-order valence-electron chi connectivity index (χ3n) is 7.23. The molecular weight excluding hydrogens is 388 g/mol. The van der Waals surface area contributed by atoms with Crippen LogP contribution in [0.3, 0.4) is 0 Å². The number of aromatic nitrogens is 2. The van der Waals surface area contributed by atoms with Crippen LogP contribution < -0.4 is 4.57 Å². The molecule has 6 rings (SSSR count). The quantitative estimate of drug-likeness (QED) is 0.160. The topological polar surface area (TPSA) is 8.29 Å². The normalized spacial score (nSPS) is 12.8. The smallest absolute Gasteiger partial charge is 0.224 e. The number of rotatable bonds is 3. The molecule has 0 radical (unpaired) electrons. The van der Waals surface area contributed by atoms with Gasteiger partial charge in [-0.25, -0.2) is 4.57 Å². The van der Waals surface area contributed by atoms with Crippen molar-refractivity contribution in [3.8, 4) is 0 Å². The van der Waals surface area contributed by atoms with Gasteiger partial charge in [-0.1, -0.05) is 58.0 Å². The summed E-state index contributed by atoms with van der Waals surface area (Å²) >= 11 is 0. The summed E-state index contributed by atoms with van der Waals surface area (Å²) in [7, 11) is 2.19. The molecule has 0 saturated carbocycles. The summed E-state index contributed by atoms with van der Waals surface area (Å²) in [5.41, 5.74) is 9.53. The predicted molar refractivity (Wildman–Crippen MR) is 137 cm³/mol. The molecule has 160 valence electrons. The lowest BCUT2D eigenvalue weighted by atomic mass is 9.96. The molecule has 0 aliphatic carbocycles. The average Bonchev–Trinajstić information content (AvgIpc) is 3.08. The molecule has 0 spiro atoms. The fraction of sp³-hybridized carbons (Fsp3) is 0.300.